The first-order valence-corrected chi connectivity index (χ1v) is 5.38. The Morgan fingerprint density at radius 2 is 2.08 bits per heavy atom. The van der Waals surface area contributed by atoms with Gasteiger partial charge in [0.2, 0.25) is 0 Å². The molecule has 1 saturated carbocycles. The van der Waals surface area contributed by atoms with E-state index >= 15 is 0 Å². The number of hydrogen-bond acceptors (Lipinski definition) is 1. The summed E-state index contributed by atoms with van der Waals surface area (Å²) in [5, 5.41) is 8.07. The van der Waals surface area contributed by atoms with E-state index in [0.717, 1.165) is 16.6 Å². The van der Waals surface area contributed by atoms with Gasteiger partial charge in [0.05, 0.1) is 0 Å². The lowest BCUT2D eigenvalue weighted by atomic mass is 10.0. The smallest absolute Gasteiger partial charge is 0.0454 e. The van der Waals surface area contributed by atoms with Gasteiger partial charge in [-0.25, -0.2) is 0 Å². The fourth-order valence-corrected chi connectivity index (χ4v) is 2.61. The quantitative estimate of drug-likeness (QED) is 0.715. The van der Waals surface area contributed by atoms with E-state index in [2.05, 4.69) is 34.1 Å². The first kappa shape index (κ1) is 7.74. The minimum atomic E-state index is 0.267. The summed E-state index contributed by atoms with van der Waals surface area (Å²) in [6, 6.07) is 6.32. The number of nitrogens with one attached hydrogen (secondary N) is 1. The number of hydrogen-bond donors (Lipinski definition) is 1. The molecule has 1 N–H and O–H groups in total. The van der Waals surface area contributed by atoms with Crippen molar-refractivity contribution in [2.75, 3.05) is 0 Å². The van der Waals surface area contributed by atoms with Crippen molar-refractivity contribution in [3.8, 4) is 0 Å². The van der Waals surface area contributed by atoms with Crippen LogP contribution in [0.15, 0.2) is 22.7 Å². The van der Waals surface area contributed by atoms with Crippen molar-refractivity contribution in [3.63, 3.8) is 0 Å². The van der Waals surface area contributed by atoms with E-state index in [1.54, 1.807) is 0 Å². The minimum Gasteiger partial charge on any atom is -0.304 e. The van der Waals surface area contributed by atoms with Crippen LogP contribution in [0.4, 0.5) is 0 Å². The predicted octanol–water partition coefficient (Wildman–Crippen LogP) is 3.15. The average Bonchev–Trinajstić information content (AvgIpc) is 2.83. The van der Waals surface area contributed by atoms with E-state index in [1.165, 1.54) is 24.0 Å². The van der Waals surface area contributed by atoms with Gasteiger partial charge >= 0.3 is 0 Å². The largest absolute Gasteiger partial charge is 0.304 e. The van der Waals surface area contributed by atoms with Crippen LogP contribution in [-0.4, -0.2) is 5.71 Å². The highest BCUT2D eigenvalue weighted by Crippen LogP contribution is 2.55. The van der Waals surface area contributed by atoms with E-state index < -0.39 is 0 Å². The summed E-state index contributed by atoms with van der Waals surface area (Å²) in [5.41, 5.74) is 3.68. The fraction of sp³-hybridized carbons (Fsp3) is 0.364. The van der Waals surface area contributed by atoms with Crippen molar-refractivity contribution >= 4 is 21.6 Å². The van der Waals surface area contributed by atoms with Gasteiger partial charge in [0.25, 0.3) is 0 Å². The molecule has 0 saturated heterocycles. The third-order valence-corrected chi connectivity index (χ3v) is 3.75. The molecule has 0 amide bonds. The average molecular weight is 236 g/mol. The van der Waals surface area contributed by atoms with Crippen molar-refractivity contribution in [1.82, 2.24) is 0 Å². The molecule has 0 heterocycles. The molecule has 1 spiro atoms. The molecule has 0 bridgehead atoms. The first-order chi connectivity index (χ1) is 6.21. The van der Waals surface area contributed by atoms with Crippen molar-refractivity contribution < 1.29 is 0 Å². The van der Waals surface area contributed by atoms with E-state index in [4.69, 9.17) is 5.41 Å². The van der Waals surface area contributed by atoms with Crippen molar-refractivity contribution in [2.45, 2.75) is 19.3 Å². The SMILES string of the molecule is N=C1c2cc(Br)ccc2CC12CC2. The monoisotopic (exact) mass is 235 g/mol. The molecule has 2 aliphatic carbocycles. The Morgan fingerprint density at radius 3 is 2.77 bits per heavy atom. The van der Waals surface area contributed by atoms with Gasteiger partial charge in [0, 0.05) is 21.2 Å². The van der Waals surface area contributed by atoms with Gasteiger partial charge < -0.3 is 5.41 Å². The van der Waals surface area contributed by atoms with Gasteiger partial charge in [-0.1, -0.05) is 22.0 Å². The second-order valence-electron chi connectivity index (χ2n) is 4.13. The van der Waals surface area contributed by atoms with E-state index in [1.807, 2.05) is 0 Å². The minimum absolute atomic E-state index is 0.267. The van der Waals surface area contributed by atoms with Crippen LogP contribution in [0.2, 0.25) is 0 Å². The zero-order valence-electron chi connectivity index (χ0n) is 7.23. The summed E-state index contributed by atoms with van der Waals surface area (Å²) in [4.78, 5) is 0. The Bertz CT molecular complexity index is 405. The van der Waals surface area contributed by atoms with E-state index in [9.17, 15) is 0 Å². The molecular formula is C11H10BrN. The summed E-state index contributed by atoms with van der Waals surface area (Å²) in [6.07, 6.45) is 3.55. The lowest BCUT2D eigenvalue weighted by molar-refractivity contribution is 0.721. The maximum Gasteiger partial charge on any atom is 0.0454 e. The van der Waals surface area contributed by atoms with Crippen LogP contribution in [0.1, 0.15) is 24.0 Å². The van der Waals surface area contributed by atoms with E-state index in [-0.39, 0.29) is 5.41 Å². The number of halogens is 1. The zero-order valence-corrected chi connectivity index (χ0v) is 8.82. The molecule has 1 fully saturated rings. The van der Waals surface area contributed by atoms with Crippen LogP contribution < -0.4 is 0 Å². The maximum absolute atomic E-state index is 8.07. The molecule has 1 aromatic carbocycles. The number of fused-ring (bicyclic) bond motifs is 1. The van der Waals surface area contributed by atoms with Crippen LogP contribution >= 0.6 is 15.9 Å². The zero-order chi connectivity index (χ0) is 9.05. The molecule has 2 aliphatic rings. The summed E-state index contributed by atoms with van der Waals surface area (Å²) < 4.78 is 1.09. The molecule has 13 heavy (non-hydrogen) atoms. The van der Waals surface area contributed by atoms with Gasteiger partial charge in [-0.2, -0.15) is 0 Å². The first-order valence-electron chi connectivity index (χ1n) is 4.59. The predicted molar refractivity (Wildman–Crippen MR) is 56.3 cm³/mol. The highest BCUT2D eigenvalue weighted by atomic mass is 79.9. The highest BCUT2D eigenvalue weighted by molar-refractivity contribution is 9.10. The molecule has 0 atom stereocenters. The molecule has 0 aromatic heterocycles. The summed E-state index contributed by atoms with van der Waals surface area (Å²) in [7, 11) is 0. The van der Waals surface area contributed by atoms with Gasteiger partial charge in [-0.3, -0.25) is 0 Å². The second-order valence-corrected chi connectivity index (χ2v) is 5.05. The normalized spacial score (nSPS) is 22.1. The molecule has 1 nitrogen and oxygen atoms in total. The Balaban J connectivity index is 2.18. The van der Waals surface area contributed by atoms with Crippen LogP contribution in [0.3, 0.4) is 0 Å². The second kappa shape index (κ2) is 2.24. The third kappa shape index (κ3) is 0.953. The summed E-state index contributed by atoms with van der Waals surface area (Å²) in [6.45, 7) is 0. The van der Waals surface area contributed by atoms with Crippen molar-refractivity contribution in [3.05, 3.63) is 33.8 Å². The molecular weight excluding hydrogens is 226 g/mol. The molecule has 2 heteroatoms. The van der Waals surface area contributed by atoms with Crippen LogP contribution in [0.5, 0.6) is 0 Å². The lowest BCUT2D eigenvalue weighted by Crippen LogP contribution is -2.08. The van der Waals surface area contributed by atoms with Gasteiger partial charge in [0.1, 0.15) is 0 Å². The molecule has 3 rings (SSSR count). The van der Waals surface area contributed by atoms with Gasteiger partial charge in [-0.15, -0.1) is 0 Å². The molecule has 0 radical (unpaired) electrons. The molecule has 0 unspecified atom stereocenters. The Hall–Kier alpha value is -0.630. The maximum atomic E-state index is 8.07. The Labute approximate surface area is 85.8 Å². The van der Waals surface area contributed by atoms with Crippen LogP contribution in [0, 0.1) is 10.8 Å². The van der Waals surface area contributed by atoms with Crippen molar-refractivity contribution in [1.29, 1.82) is 5.41 Å². The Morgan fingerprint density at radius 1 is 1.31 bits per heavy atom. The van der Waals surface area contributed by atoms with Gasteiger partial charge in [-0.05, 0) is 37.0 Å². The number of rotatable bonds is 0. The van der Waals surface area contributed by atoms with Gasteiger partial charge in [0.15, 0.2) is 0 Å². The highest BCUT2D eigenvalue weighted by Gasteiger charge is 2.51. The molecule has 1 aromatic rings. The number of benzene rings is 1. The summed E-state index contributed by atoms with van der Waals surface area (Å²) in [5.74, 6) is 0. The van der Waals surface area contributed by atoms with Crippen LogP contribution in [0.25, 0.3) is 0 Å². The standard InChI is InChI=1S/C11H10BrN/c12-8-2-1-7-6-11(3-4-11)10(13)9(7)5-8/h1-2,5,13H,3-4,6H2. The fourth-order valence-electron chi connectivity index (χ4n) is 2.25. The van der Waals surface area contributed by atoms with Crippen molar-refractivity contribution in [2.24, 2.45) is 5.41 Å². The Kier molecular flexibility index (Phi) is 1.33. The molecule has 66 valence electrons. The summed E-state index contributed by atoms with van der Waals surface area (Å²) >= 11 is 3.45. The van der Waals surface area contributed by atoms with Crippen LogP contribution in [-0.2, 0) is 6.42 Å². The lowest BCUT2D eigenvalue weighted by Gasteiger charge is -2.03. The topological polar surface area (TPSA) is 23.9 Å². The third-order valence-electron chi connectivity index (χ3n) is 3.25. The molecule has 0 aliphatic heterocycles. The van der Waals surface area contributed by atoms with E-state index in [0.29, 0.717) is 0 Å².